The normalized spacial score (nSPS) is 17.5. The number of carbonyl (C=O) groups is 2. The van der Waals surface area contributed by atoms with Crippen LogP contribution in [0.1, 0.15) is 62.1 Å². The summed E-state index contributed by atoms with van der Waals surface area (Å²) in [4.78, 5) is 25.4. The van der Waals surface area contributed by atoms with E-state index in [9.17, 15) is 0 Å². The van der Waals surface area contributed by atoms with Crippen LogP contribution in [0, 0.1) is 5.92 Å². The second-order valence-electron chi connectivity index (χ2n) is 9.82. The van der Waals surface area contributed by atoms with Gasteiger partial charge in [0.05, 0.1) is 0 Å². The lowest BCUT2D eigenvalue weighted by molar-refractivity contribution is -0.159. The first kappa shape index (κ1) is 26.8. The average Bonchev–Trinajstić information content (AvgIpc) is 3.60. The van der Waals surface area contributed by atoms with E-state index < -0.39 is 11.9 Å². The van der Waals surface area contributed by atoms with E-state index >= 15 is 0 Å². The maximum absolute atomic E-state index is 9.10. The molecule has 0 radical (unpaired) electrons. The van der Waals surface area contributed by atoms with Crippen LogP contribution < -0.4 is 5.73 Å². The molecule has 7 nitrogen and oxygen atoms in total. The van der Waals surface area contributed by atoms with Crippen LogP contribution in [0.2, 0.25) is 0 Å². The standard InChI is InChI=1S/C27H33N3S.C2H2O4/c28-26(20-7-2-1-3-8-20)24(25-11-4-5-15-29-25)13-17-30-16-12-22(19-30)23-10-6-9-21-14-18-31-27(21)23;3-1(4)2(5)6/h4-6,9-11,14-15,18-20,24,26H,1-3,7-8,12-13,16-17,28H2;(H,3,4)(H,5,6). The van der Waals surface area contributed by atoms with Gasteiger partial charge in [0.25, 0.3) is 0 Å². The molecule has 1 saturated carbocycles. The van der Waals surface area contributed by atoms with Crippen LogP contribution >= 0.6 is 11.3 Å². The Morgan fingerprint density at radius 2 is 1.84 bits per heavy atom. The van der Waals surface area contributed by atoms with Crippen LogP contribution in [-0.2, 0) is 9.59 Å². The van der Waals surface area contributed by atoms with Gasteiger partial charge in [0.2, 0.25) is 0 Å². The molecule has 1 fully saturated rings. The summed E-state index contributed by atoms with van der Waals surface area (Å²) in [7, 11) is 0. The van der Waals surface area contributed by atoms with Crippen molar-refractivity contribution in [2.45, 2.75) is 56.9 Å². The van der Waals surface area contributed by atoms with Gasteiger partial charge in [0.1, 0.15) is 0 Å². The largest absolute Gasteiger partial charge is 0.473 e. The molecule has 3 aromatic rings. The van der Waals surface area contributed by atoms with Gasteiger partial charge in [-0.3, -0.25) is 4.98 Å². The van der Waals surface area contributed by atoms with Crippen molar-refractivity contribution < 1.29 is 19.8 Å². The molecule has 1 aliphatic carbocycles. The molecule has 0 bridgehead atoms. The van der Waals surface area contributed by atoms with E-state index in [1.165, 1.54) is 59.0 Å². The smallest absolute Gasteiger partial charge is 0.414 e. The fraction of sp³-hybridized carbons (Fsp3) is 0.414. The van der Waals surface area contributed by atoms with E-state index in [-0.39, 0.29) is 6.04 Å². The maximum atomic E-state index is 9.10. The van der Waals surface area contributed by atoms with Crippen molar-refractivity contribution in [2.24, 2.45) is 11.7 Å². The van der Waals surface area contributed by atoms with Crippen LogP contribution in [0.3, 0.4) is 0 Å². The highest BCUT2D eigenvalue weighted by Crippen LogP contribution is 2.36. The van der Waals surface area contributed by atoms with Gasteiger partial charge in [-0.2, -0.15) is 0 Å². The predicted octanol–water partition coefficient (Wildman–Crippen LogP) is 5.58. The van der Waals surface area contributed by atoms with Gasteiger partial charge in [0, 0.05) is 47.8 Å². The van der Waals surface area contributed by atoms with Gasteiger partial charge in [0.15, 0.2) is 0 Å². The molecule has 5 rings (SSSR count). The fourth-order valence-electron chi connectivity index (χ4n) is 5.53. The van der Waals surface area contributed by atoms with Crippen LogP contribution in [0.4, 0.5) is 0 Å². The highest BCUT2D eigenvalue weighted by atomic mass is 32.1. The molecular weight excluding hydrogens is 486 g/mol. The molecule has 3 heterocycles. The van der Waals surface area contributed by atoms with Gasteiger partial charge in [-0.15, -0.1) is 11.3 Å². The average molecular weight is 522 g/mol. The summed E-state index contributed by atoms with van der Waals surface area (Å²) in [6.07, 6.45) is 13.1. The molecule has 0 saturated heterocycles. The zero-order chi connectivity index (χ0) is 26.2. The number of fused-ring (bicyclic) bond motifs is 1. The molecule has 4 N–H and O–H groups in total. The number of hydrogen-bond acceptors (Lipinski definition) is 6. The van der Waals surface area contributed by atoms with Crippen molar-refractivity contribution in [1.82, 2.24) is 9.88 Å². The van der Waals surface area contributed by atoms with Crippen molar-refractivity contribution in [1.29, 1.82) is 0 Å². The highest BCUT2D eigenvalue weighted by molar-refractivity contribution is 7.17. The minimum Gasteiger partial charge on any atom is -0.473 e. The Hall–Kier alpha value is -3.23. The first-order valence-electron chi connectivity index (χ1n) is 13.0. The molecule has 0 amide bonds. The lowest BCUT2D eigenvalue weighted by atomic mass is 9.77. The third-order valence-electron chi connectivity index (χ3n) is 7.47. The number of nitrogens with two attached hydrogens (primary N) is 1. The van der Waals surface area contributed by atoms with Crippen molar-refractivity contribution in [3.63, 3.8) is 0 Å². The highest BCUT2D eigenvalue weighted by Gasteiger charge is 2.30. The number of carboxylic acids is 2. The second-order valence-corrected chi connectivity index (χ2v) is 10.7. The Morgan fingerprint density at radius 3 is 2.54 bits per heavy atom. The number of aromatic nitrogens is 1. The van der Waals surface area contributed by atoms with Crippen molar-refractivity contribution in [3.8, 4) is 0 Å². The van der Waals surface area contributed by atoms with Crippen molar-refractivity contribution in [3.05, 3.63) is 71.5 Å². The van der Waals surface area contributed by atoms with Gasteiger partial charge in [-0.05, 0) is 71.7 Å². The van der Waals surface area contributed by atoms with Gasteiger partial charge >= 0.3 is 11.9 Å². The fourth-order valence-corrected chi connectivity index (χ4v) is 6.47. The summed E-state index contributed by atoms with van der Waals surface area (Å²) in [5.41, 5.74) is 11.0. The number of hydrogen-bond donors (Lipinski definition) is 3. The molecule has 37 heavy (non-hydrogen) atoms. The molecular formula is C29H35N3O4S. The molecule has 2 aromatic heterocycles. The zero-order valence-corrected chi connectivity index (χ0v) is 21.8. The minimum absolute atomic E-state index is 0.209. The van der Waals surface area contributed by atoms with Gasteiger partial charge in [-0.25, -0.2) is 9.59 Å². The molecule has 8 heteroatoms. The van der Waals surface area contributed by atoms with E-state index in [4.69, 9.17) is 30.5 Å². The quantitative estimate of drug-likeness (QED) is 0.348. The molecule has 196 valence electrons. The summed E-state index contributed by atoms with van der Waals surface area (Å²) >= 11 is 1.85. The third kappa shape index (κ3) is 6.96. The zero-order valence-electron chi connectivity index (χ0n) is 21.0. The summed E-state index contributed by atoms with van der Waals surface area (Å²) in [5, 5.41) is 18.3. The lowest BCUT2D eigenvalue weighted by Gasteiger charge is -2.34. The topological polar surface area (TPSA) is 117 Å². The lowest BCUT2D eigenvalue weighted by Crippen LogP contribution is -2.39. The Morgan fingerprint density at radius 1 is 1.05 bits per heavy atom. The molecule has 1 aliphatic heterocycles. The number of carboxylic acid groups (broad SMARTS) is 2. The maximum Gasteiger partial charge on any atom is 0.414 e. The van der Waals surface area contributed by atoms with E-state index in [2.05, 4.69) is 52.9 Å². The Bertz CT molecular complexity index is 1210. The molecule has 2 unspecified atom stereocenters. The van der Waals surface area contributed by atoms with Gasteiger partial charge in [-0.1, -0.05) is 43.5 Å². The van der Waals surface area contributed by atoms with Crippen LogP contribution in [0.25, 0.3) is 15.7 Å². The van der Waals surface area contributed by atoms with Crippen molar-refractivity contribution in [2.75, 3.05) is 13.1 Å². The molecule has 2 atom stereocenters. The predicted molar refractivity (Wildman–Crippen MR) is 147 cm³/mol. The van der Waals surface area contributed by atoms with E-state index in [1.807, 2.05) is 23.6 Å². The molecule has 0 spiro atoms. The summed E-state index contributed by atoms with van der Waals surface area (Å²) in [5.74, 6) is -2.67. The monoisotopic (exact) mass is 521 g/mol. The number of pyridine rings is 1. The summed E-state index contributed by atoms with van der Waals surface area (Å²) in [6.45, 7) is 2.15. The molecule has 1 aromatic carbocycles. The van der Waals surface area contributed by atoms with Crippen LogP contribution in [0.5, 0.6) is 0 Å². The van der Waals surface area contributed by atoms with Gasteiger partial charge < -0.3 is 20.8 Å². The Kier molecular flexibility index (Phi) is 9.30. The number of thiophene rings is 1. The van der Waals surface area contributed by atoms with Crippen LogP contribution in [0.15, 0.2) is 60.2 Å². The summed E-state index contributed by atoms with van der Waals surface area (Å²) < 4.78 is 1.42. The van der Waals surface area contributed by atoms with E-state index in [0.717, 1.165) is 25.9 Å². The third-order valence-corrected chi connectivity index (χ3v) is 8.43. The number of aliphatic carboxylic acids is 2. The van der Waals surface area contributed by atoms with E-state index in [0.29, 0.717) is 11.8 Å². The summed E-state index contributed by atoms with van der Waals surface area (Å²) in [6, 6.07) is 15.4. The SMILES string of the molecule is NC(C1CCCCC1)C(CCN1C=C(c2cccc3ccsc23)CC1)c1ccccn1.O=C(O)C(=O)O. The number of nitrogens with zero attached hydrogens (tertiary/aromatic N) is 2. The Labute approximate surface area is 221 Å². The van der Waals surface area contributed by atoms with Crippen molar-refractivity contribution >= 4 is 38.9 Å². The van der Waals surface area contributed by atoms with E-state index in [1.54, 1.807) is 0 Å². The van der Waals surface area contributed by atoms with Crippen LogP contribution in [-0.4, -0.2) is 51.2 Å². The number of rotatable bonds is 7. The number of benzene rings is 1. The first-order chi connectivity index (χ1) is 17.9. The Balaban J connectivity index is 0.000000480. The molecule has 2 aliphatic rings. The minimum atomic E-state index is -1.82. The second kappa shape index (κ2) is 12.8. The first-order valence-corrected chi connectivity index (χ1v) is 13.9.